The second kappa shape index (κ2) is 8.57. The van der Waals surface area contributed by atoms with E-state index in [4.69, 9.17) is 9.47 Å². The van der Waals surface area contributed by atoms with Crippen LogP contribution >= 0.6 is 25.3 Å². The van der Waals surface area contributed by atoms with E-state index in [9.17, 15) is 0 Å². The molecule has 0 atom stereocenters. The van der Waals surface area contributed by atoms with Gasteiger partial charge in [-0.2, -0.15) is 25.3 Å². The molecule has 0 bridgehead atoms. The van der Waals surface area contributed by atoms with Crippen LogP contribution in [0.25, 0.3) is 11.1 Å². The number of nitrogens with zero attached hydrogens (tertiary/aromatic N) is 2. The van der Waals surface area contributed by atoms with Crippen molar-refractivity contribution in [3.63, 3.8) is 0 Å². The molecule has 0 fully saturated rings. The van der Waals surface area contributed by atoms with E-state index in [1.807, 2.05) is 0 Å². The molecule has 0 N–H and O–H groups in total. The molecule has 2 heterocycles. The highest BCUT2D eigenvalue weighted by Gasteiger charge is 2.22. The smallest absolute Gasteiger partial charge is 0.142 e. The van der Waals surface area contributed by atoms with Crippen molar-refractivity contribution in [1.82, 2.24) is 9.80 Å². The molecule has 2 aliphatic rings. The van der Waals surface area contributed by atoms with Crippen LogP contribution in [0.1, 0.15) is 22.3 Å². The van der Waals surface area contributed by atoms with Crippen molar-refractivity contribution in [2.75, 3.05) is 38.1 Å². The fraction of sp³-hybridized carbons (Fsp3) is 0.455. The first-order valence-electron chi connectivity index (χ1n) is 9.78. The molecular weight excluding hydrogens is 388 g/mol. The van der Waals surface area contributed by atoms with Gasteiger partial charge in [0.05, 0.1) is 0 Å². The minimum atomic E-state index is 0.643. The quantitative estimate of drug-likeness (QED) is 0.716. The normalized spacial score (nSPS) is 16.9. The Kier molecular flexibility index (Phi) is 6.11. The summed E-state index contributed by atoms with van der Waals surface area (Å²) in [5.41, 5.74) is 7.38. The Balaban J connectivity index is 1.68. The Hall–Kier alpha value is -1.34. The monoisotopic (exact) mass is 416 g/mol. The second-order valence-electron chi connectivity index (χ2n) is 7.66. The molecule has 0 spiro atoms. The summed E-state index contributed by atoms with van der Waals surface area (Å²) in [6, 6.07) is 9.04. The van der Waals surface area contributed by atoms with E-state index < -0.39 is 0 Å². The van der Waals surface area contributed by atoms with Crippen molar-refractivity contribution in [3.05, 3.63) is 46.5 Å². The Labute approximate surface area is 178 Å². The summed E-state index contributed by atoms with van der Waals surface area (Å²) >= 11 is 8.72. The topological polar surface area (TPSA) is 24.9 Å². The first-order chi connectivity index (χ1) is 13.6. The molecule has 28 heavy (non-hydrogen) atoms. The highest BCUT2D eigenvalue weighted by atomic mass is 32.1. The van der Waals surface area contributed by atoms with Crippen molar-refractivity contribution in [3.8, 4) is 22.6 Å². The lowest BCUT2D eigenvalue weighted by atomic mass is 9.94. The molecule has 0 radical (unpaired) electrons. The zero-order valence-corrected chi connectivity index (χ0v) is 18.4. The molecule has 4 nitrogen and oxygen atoms in total. The zero-order chi connectivity index (χ0) is 19.7. The van der Waals surface area contributed by atoms with E-state index in [1.54, 1.807) is 0 Å². The molecule has 0 saturated heterocycles. The summed E-state index contributed by atoms with van der Waals surface area (Å²) in [5, 5.41) is 0. The van der Waals surface area contributed by atoms with Crippen LogP contribution in [0.3, 0.4) is 0 Å². The maximum atomic E-state index is 6.02. The Morgan fingerprint density at radius 2 is 1.18 bits per heavy atom. The summed E-state index contributed by atoms with van der Waals surface area (Å²) in [6.07, 6.45) is 0. The van der Waals surface area contributed by atoms with E-state index in [-0.39, 0.29) is 0 Å². The van der Waals surface area contributed by atoms with Gasteiger partial charge in [-0.05, 0) is 60.4 Å². The number of fused-ring (bicyclic) bond motifs is 2. The molecule has 2 aromatic carbocycles. The van der Waals surface area contributed by atoms with Gasteiger partial charge in [-0.15, -0.1) is 0 Å². The van der Waals surface area contributed by atoms with Crippen molar-refractivity contribution in [1.29, 1.82) is 0 Å². The predicted octanol–water partition coefficient (Wildman–Crippen LogP) is 4.13. The molecule has 6 heteroatoms. The van der Waals surface area contributed by atoms with Crippen molar-refractivity contribution in [2.45, 2.75) is 26.9 Å². The summed E-state index contributed by atoms with van der Waals surface area (Å²) < 4.78 is 12.0. The number of aryl methyl sites for hydroxylation is 2. The van der Waals surface area contributed by atoms with Gasteiger partial charge in [0.2, 0.25) is 0 Å². The molecular formula is C22H28N2O2S2. The van der Waals surface area contributed by atoms with Crippen LogP contribution in [0.4, 0.5) is 0 Å². The van der Waals surface area contributed by atoms with Gasteiger partial charge in [-0.1, -0.05) is 0 Å². The summed E-state index contributed by atoms with van der Waals surface area (Å²) in [4.78, 5) is 4.58. The first-order valence-corrected chi connectivity index (χ1v) is 11.0. The van der Waals surface area contributed by atoms with E-state index in [2.05, 4.69) is 73.2 Å². The highest BCUT2D eigenvalue weighted by Crippen LogP contribution is 2.37. The standard InChI is InChI=1S/C22H28N2O2S2/c1-15-7-17(9-19-11-23(3-5-27)13-25-21(15)19)18-8-16(2)22-20(10-18)12-24(4-6-28)14-26-22/h7-10,27-28H,3-6,11-14H2,1-2H3. The maximum absolute atomic E-state index is 6.02. The number of benzene rings is 2. The Morgan fingerprint density at radius 3 is 1.57 bits per heavy atom. The van der Waals surface area contributed by atoms with Gasteiger partial charge < -0.3 is 9.47 Å². The molecule has 0 amide bonds. The van der Waals surface area contributed by atoms with Crippen LogP contribution in [0, 0.1) is 13.8 Å². The lowest BCUT2D eigenvalue weighted by Gasteiger charge is -2.31. The zero-order valence-electron chi connectivity index (χ0n) is 16.6. The van der Waals surface area contributed by atoms with Crippen LogP contribution in [0.2, 0.25) is 0 Å². The summed E-state index contributed by atoms with van der Waals surface area (Å²) in [7, 11) is 0. The molecule has 0 aromatic heterocycles. The van der Waals surface area contributed by atoms with E-state index in [0.29, 0.717) is 13.5 Å². The highest BCUT2D eigenvalue weighted by molar-refractivity contribution is 7.80. The minimum Gasteiger partial charge on any atom is -0.478 e. The van der Waals surface area contributed by atoms with Crippen LogP contribution in [-0.4, -0.2) is 47.9 Å². The van der Waals surface area contributed by atoms with Crippen molar-refractivity contribution >= 4 is 25.3 Å². The number of rotatable bonds is 5. The number of hydrogen-bond acceptors (Lipinski definition) is 6. The van der Waals surface area contributed by atoms with Gasteiger partial charge in [0.15, 0.2) is 0 Å². The van der Waals surface area contributed by atoms with Gasteiger partial charge in [0, 0.05) is 48.8 Å². The molecule has 0 unspecified atom stereocenters. The summed E-state index contributed by atoms with van der Waals surface area (Å²) in [6.45, 7) is 9.25. The Morgan fingerprint density at radius 1 is 0.750 bits per heavy atom. The lowest BCUT2D eigenvalue weighted by molar-refractivity contribution is 0.101. The number of ether oxygens (including phenoxy) is 2. The Bertz CT molecular complexity index is 801. The predicted molar refractivity (Wildman–Crippen MR) is 121 cm³/mol. The van der Waals surface area contributed by atoms with E-state index in [0.717, 1.165) is 49.2 Å². The van der Waals surface area contributed by atoms with Crippen LogP contribution in [-0.2, 0) is 13.1 Å². The molecule has 4 rings (SSSR count). The van der Waals surface area contributed by atoms with Gasteiger partial charge in [0.25, 0.3) is 0 Å². The maximum Gasteiger partial charge on any atom is 0.142 e. The fourth-order valence-electron chi connectivity index (χ4n) is 4.13. The average molecular weight is 417 g/mol. The lowest BCUT2D eigenvalue weighted by Crippen LogP contribution is -2.34. The average Bonchev–Trinajstić information content (AvgIpc) is 2.68. The van der Waals surface area contributed by atoms with Crippen LogP contribution in [0.15, 0.2) is 24.3 Å². The largest absolute Gasteiger partial charge is 0.478 e. The third-order valence-electron chi connectivity index (χ3n) is 5.44. The van der Waals surface area contributed by atoms with Crippen LogP contribution < -0.4 is 9.47 Å². The van der Waals surface area contributed by atoms with Crippen molar-refractivity contribution < 1.29 is 9.47 Å². The second-order valence-corrected chi connectivity index (χ2v) is 8.56. The molecule has 0 aliphatic carbocycles. The molecule has 0 saturated carbocycles. The van der Waals surface area contributed by atoms with E-state index in [1.165, 1.54) is 33.4 Å². The third kappa shape index (κ3) is 4.01. The molecule has 2 aromatic rings. The molecule has 2 aliphatic heterocycles. The first kappa shape index (κ1) is 20.0. The molecule has 150 valence electrons. The summed E-state index contributed by atoms with van der Waals surface area (Å²) in [5.74, 6) is 3.75. The third-order valence-corrected chi connectivity index (χ3v) is 5.84. The minimum absolute atomic E-state index is 0.643. The fourth-order valence-corrected chi connectivity index (χ4v) is 4.70. The van der Waals surface area contributed by atoms with Crippen molar-refractivity contribution in [2.24, 2.45) is 0 Å². The van der Waals surface area contributed by atoms with Crippen LogP contribution in [0.5, 0.6) is 11.5 Å². The number of hydrogen-bond donors (Lipinski definition) is 2. The van der Waals surface area contributed by atoms with Gasteiger partial charge in [-0.25, -0.2) is 0 Å². The van der Waals surface area contributed by atoms with Gasteiger partial charge in [0.1, 0.15) is 25.0 Å². The number of thiol groups is 2. The van der Waals surface area contributed by atoms with Gasteiger partial charge >= 0.3 is 0 Å². The SMILES string of the molecule is Cc1cc(-c2cc(C)c3c(c2)CN(CCS)CO3)cc2c1OCN(CCS)C2. The van der Waals surface area contributed by atoms with Gasteiger partial charge in [-0.3, -0.25) is 9.80 Å². The van der Waals surface area contributed by atoms with E-state index >= 15 is 0 Å².